The maximum atomic E-state index is 5.55. The lowest BCUT2D eigenvalue weighted by Gasteiger charge is -2.15. The molecule has 22 aromatic carbocycles. The highest BCUT2D eigenvalue weighted by Gasteiger charge is 2.32. The Morgan fingerprint density at radius 3 is 0.827 bits per heavy atom. The van der Waals surface area contributed by atoms with Crippen LogP contribution in [0.15, 0.2) is 479 Å². The molecule has 0 aliphatic rings. The summed E-state index contributed by atoms with van der Waals surface area (Å²) < 4.78 is 14.2. The third-order valence-electron chi connectivity index (χ3n) is 30.7. The molecule has 12 aromatic heterocycles. The first-order chi connectivity index (χ1) is 74.5. The molecule has 0 N–H and O–H groups in total. The highest BCUT2D eigenvalue weighted by atomic mass is 15.1. The minimum Gasteiger partial charge on any atom is -0.309 e. The first kappa shape index (κ1) is 83.0. The van der Waals surface area contributed by atoms with Gasteiger partial charge in [0.1, 0.15) is 28.9 Å². The van der Waals surface area contributed by atoms with Crippen LogP contribution >= 0.6 is 0 Å². The maximum absolute atomic E-state index is 5.55. The summed E-state index contributed by atoms with van der Waals surface area (Å²) in [6.45, 7) is 0. The van der Waals surface area contributed by atoms with Crippen molar-refractivity contribution in [1.82, 2.24) is 71.8 Å². The fourth-order valence-corrected chi connectivity index (χ4v) is 24.3. The summed E-state index contributed by atoms with van der Waals surface area (Å²) in [5.41, 5.74) is 33.5. The topological polar surface area (TPSA) is 144 Å². The molecule has 12 heterocycles. The van der Waals surface area contributed by atoms with Gasteiger partial charge in [-0.15, -0.1) is 0 Å². The van der Waals surface area contributed by atoms with Gasteiger partial charge >= 0.3 is 0 Å². The van der Waals surface area contributed by atoms with Crippen LogP contribution in [-0.2, 0) is 0 Å². The highest BCUT2D eigenvalue weighted by Crippen LogP contribution is 2.51. The van der Waals surface area contributed by atoms with Gasteiger partial charge in [-0.3, -0.25) is 22.3 Å². The summed E-state index contributed by atoms with van der Waals surface area (Å²) in [5.74, 6) is 4.43. The van der Waals surface area contributed by atoms with Crippen molar-refractivity contribution in [2.45, 2.75) is 0 Å². The molecule has 0 radical (unpaired) electrons. The lowest BCUT2D eigenvalue weighted by Crippen LogP contribution is -2.04. The summed E-state index contributed by atoms with van der Waals surface area (Å²) in [4.78, 5) is 48.4. The number of hydrogen-bond acceptors (Lipinski definition) is 9. The van der Waals surface area contributed by atoms with Crippen molar-refractivity contribution in [3.63, 3.8) is 0 Å². The molecule has 34 aromatic rings. The van der Waals surface area contributed by atoms with E-state index in [4.69, 9.17) is 44.9 Å². The predicted octanol–water partition coefficient (Wildman–Crippen LogP) is 33.5. The number of benzene rings is 22. The van der Waals surface area contributed by atoms with E-state index in [1.54, 1.807) is 0 Å². The van der Waals surface area contributed by atoms with Crippen LogP contribution in [0.1, 0.15) is 0 Å². The summed E-state index contributed by atoms with van der Waals surface area (Å²) in [6, 6.07) is 169. The lowest BCUT2D eigenvalue weighted by molar-refractivity contribution is 1.08. The zero-order valence-corrected chi connectivity index (χ0v) is 80.3. The average molecular weight is 1910 g/mol. The van der Waals surface area contributed by atoms with Crippen LogP contribution in [-0.4, -0.2) is 71.8 Å². The Kier molecular flexibility index (Phi) is 18.0. The largest absolute Gasteiger partial charge is 0.309 e. The van der Waals surface area contributed by atoms with E-state index in [2.05, 4.69) is 482 Å². The first-order valence-electron chi connectivity index (χ1n) is 50.7. The van der Waals surface area contributed by atoms with Crippen molar-refractivity contribution in [1.29, 1.82) is 0 Å². The van der Waals surface area contributed by atoms with E-state index >= 15 is 0 Å². The molecule has 0 bridgehead atoms. The molecule has 0 amide bonds. The SMILES string of the molecule is c1ccc(-c2nc3c(ccc4ccccc43)nc2-n2c3cccc4c5ccccc5n5c(-c6ccccc6)nc6ccc2c(c43)c65)cc1.c1ccc(-c2nc3ccc4ccc(-n5c6cccc7c8ccccc8n8c(-c9ccccc9)nc9ccc5c(c76)c98)cc4c3nc2-c2ccccc2)cc1.c1ccc(-c2nc3ccc4ccccc4c3nc2-n2c3cccc4c5ccccc5n5c(-c6ccccc6)nc6ccc2c(c43)c65)cc1. The second kappa shape index (κ2) is 32.5. The molecule has 34 rings (SSSR count). The molecule has 0 aliphatic heterocycles. The molecule has 0 atom stereocenters. The van der Waals surface area contributed by atoms with E-state index < -0.39 is 0 Å². The molecule has 0 unspecified atom stereocenters. The lowest BCUT2D eigenvalue weighted by atomic mass is 10.0. The molecular formula is C135H79N15. The molecule has 15 nitrogen and oxygen atoms in total. The molecular weight excluding hydrogens is 1830 g/mol. The second-order valence-electron chi connectivity index (χ2n) is 38.9. The Hall–Kier alpha value is -20.6. The van der Waals surface area contributed by atoms with Crippen LogP contribution in [0.3, 0.4) is 0 Å². The van der Waals surface area contributed by atoms with E-state index in [0.717, 1.165) is 245 Å². The molecule has 15 heteroatoms. The van der Waals surface area contributed by atoms with Crippen LogP contribution in [0.4, 0.5) is 0 Å². The second-order valence-corrected chi connectivity index (χ2v) is 38.9. The van der Waals surface area contributed by atoms with Gasteiger partial charge in [0.2, 0.25) is 0 Å². The van der Waals surface area contributed by atoms with Crippen molar-refractivity contribution in [3.8, 4) is 96.5 Å². The van der Waals surface area contributed by atoms with Gasteiger partial charge in [0.25, 0.3) is 0 Å². The summed E-state index contributed by atoms with van der Waals surface area (Å²) in [7, 11) is 0. The van der Waals surface area contributed by atoms with Gasteiger partial charge in [0.05, 0.1) is 127 Å². The Morgan fingerprint density at radius 1 is 0.147 bits per heavy atom. The van der Waals surface area contributed by atoms with E-state index in [-0.39, 0.29) is 0 Å². The van der Waals surface area contributed by atoms with Crippen molar-refractivity contribution in [3.05, 3.63) is 479 Å². The van der Waals surface area contributed by atoms with Crippen LogP contribution in [0.5, 0.6) is 0 Å². The Bertz CT molecular complexity index is 11600. The predicted molar refractivity (Wildman–Crippen MR) is 617 cm³/mol. The summed E-state index contributed by atoms with van der Waals surface area (Å²) in [5, 5.41) is 21.0. The maximum Gasteiger partial charge on any atom is 0.165 e. The minimum absolute atomic E-state index is 0.809. The molecule has 0 fully saturated rings. The number of imidazole rings is 3. The molecule has 0 saturated heterocycles. The molecule has 694 valence electrons. The standard InChI is InChI=1S/C49H29N5.2C43H25N5/c1-4-13-31(14-5-1)45-46(32-15-6-2-7-16-32)52-47-37-29-34(25-23-30(37)24-26-38(47)50-45)53-41-22-12-20-36-35-19-10-11-21-40(35)54-48-39(27-28-42(53)44(48)43(36)41)51-49(54)33-17-8-3-9-18-33;1-3-13-27(14-4-1)39-43(44-32-23-22-26-12-7-8-17-29(26)40(32)46-39)47-35-21-11-19-31-30-18-9-10-20-34(30)48-41-33(24-25-36(47)38(41)37(31)35)45-42(48)28-15-5-2-6-16-28;1-3-13-27(14-4-1)39-43(46-40-29-17-8-7-12-26(29)22-23-32(40)44-39)47-35-21-11-19-31-30-18-9-10-20-34(30)48-41-33(24-25-36(47)38(41)37(31)35)45-42(48)28-15-5-2-6-16-28/h1-29H;2*1-25H. The van der Waals surface area contributed by atoms with Gasteiger partial charge in [0.15, 0.2) is 11.6 Å². The summed E-state index contributed by atoms with van der Waals surface area (Å²) >= 11 is 0. The Morgan fingerprint density at radius 2 is 0.413 bits per heavy atom. The first-order valence-corrected chi connectivity index (χ1v) is 50.7. The van der Waals surface area contributed by atoms with Gasteiger partial charge < -0.3 is 4.57 Å². The smallest absolute Gasteiger partial charge is 0.165 e. The third kappa shape index (κ3) is 12.3. The Balaban J connectivity index is 0.0000000995. The van der Waals surface area contributed by atoms with E-state index in [1.807, 2.05) is 24.3 Å². The van der Waals surface area contributed by atoms with Crippen molar-refractivity contribution in [2.75, 3.05) is 0 Å². The highest BCUT2D eigenvalue weighted by molar-refractivity contribution is 6.34. The van der Waals surface area contributed by atoms with Crippen LogP contribution < -0.4 is 0 Å². The Labute approximate surface area is 854 Å². The quantitative estimate of drug-likeness (QED) is 0.122. The van der Waals surface area contributed by atoms with E-state index in [9.17, 15) is 0 Å². The van der Waals surface area contributed by atoms with Crippen molar-refractivity contribution in [2.24, 2.45) is 0 Å². The zero-order chi connectivity index (χ0) is 98.0. The molecule has 0 saturated carbocycles. The number of rotatable bonds is 10. The number of aromatic nitrogens is 15. The average Bonchev–Trinajstić information content (AvgIpc) is 1.53. The molecule has 150 heavy (non-hydrogen) atoms. The van der Waals surface area contributed by atoms with Gasteiger partial charge in [-0.25, -0.2) is 44.9 Å². The van der Waals surface area contributed by atoms with Gasteiger partial charge in [-0.1, -0.05) is 376 Å². The van der Waals surface area contributed by atoms with Crippen LogP contribution in [0, 0.1) is 0 Å². The molecule has 0 spiro atoms. The minimum atomic E-state index is 0.809. The van der Waals surface area contributed by atoms with Gasteiger partial charge in [-0.05, 0) is 135 Å². The zero-order valence-electron chi connectivity index (χ0n) is 80.3. The number of nitrogens with zero attached hydrogens (tertiary/aromatic N) is 15. The fraction of sp³-hybridized carbons (Fsp3) is 0. The van der Waals surface area contributed by atoms with Crippen molar-refractivity contribution < 1.29 is 0 Å². The van der Waals surface area contributed by atoms with Crippen molar-refractivity contribution >= 4 is 213 Å². The van der Waals surface area contributed by atoms with Gasteiger partial charge in [-0.2, -0.15) is 0 Å². The number of para-hydroxylation sites is 3. The van der Waals surface area contributed by atoms with Crippen LogP contribution in [0.2, 0.25) is 0 Å². The molecule has 0 aliphatic carbocycles. The van der Waals surface area contributed by atoms with E-state index in [0.29, 0.717) is 0 Å². The number of hydrogen-bond donors (Lipinski definition) is 0. The monoisotopic (exact) mass is 1910 g/mol. The van der Waals surface area contributed by atoms with Gasteiger partial charge in [0, 0.05) is 109 Å². The summed E-state index contributed by atoms with van der Waals surface area (Å²) in [6.07, 6.45) is 0. The van der Waals surface area contributed by atoms with E-state index in [1.165, 1.54) is 64.6 Å². The van der Waals surface area contributed by atoms with Crippen LogP contribution in [0.25, 0.3) is 309 Å². The number of fused-ring (bicyclic) bond motifs is 18. The third-order valence-corrected chi connectivity index (χ3v) is 30.7. The normalized spacial score (nSPS) is 12.1. The fourth-order valence-electron chi connectivity index (χ4n) is 24.3.